The van der Waals surface area contributed by atoms with Crippen LogP contribution in [0.25, 0.3) is 0 Å². The molecule has 0 saturated heterocycles. The van der Waals surface area contributed by atoms with Gasteiger partial charge in [-0.15, -0.1) is 0 Å². The zero-order valence-electron chi connectivity index (χ0n) is 14.8. The number of carbonyl (C=O) groups excluding carboxylic acids is 1. The van der Waals surface area contributed by atoms with Crippen molar-refractivity contribution in [2.45, 2.75) is 37.8 Å². The Hall–Kier alpha value is -2.69. The minimum absolute atomic E-state index is 0.0187. The first-order valence-electron chi connectivity index (χ1n) is 9.26. The molecule has 3 aliphatic rings. The Balaban J connectivity index is 1.40. The molecule has 2 aromatic carbocycles. The van der Waals surface area contributed by atoms with Crippen molar-refractivity contribution >= 4 is 11.7 Å². The molecule has 2 amide bonds. The van der Waals surface area contributed by atoms with E-state index in [0.717, 1.165) is 42.0 Å². The lowest BCUT2D eigenvalue weighted by Gasteiger charge is -2.28. The molecule has 0 spiro atoms. The fraction of sp³-hybridized carbons (Fsp3) is 0.381. The molecule has 2 heterocycles. The van der Waals surface area contributed by atoms with Gasteiger partial charge in [0.15, 0.2) is 11.5 Å². The van der Waals surface area contributed by atoms with Crippen molar-refractivity contribution in [3.63, 3.8) is 0 Å². The summed E-state index contributed by atoms with van der Waals surface area (Å²) in [5.74, 6) is 1.55. The SMILES string of the molecule is CC1Cc2ccccc2N1C(=O)NC1(c2ccc3c(c2)OCCO3)CC1. The van der Waals surface area contributed by atoms with Crippen molar-refractivity contribution in [1.29, 1.82) is 0 Å². The summed E-state index contributed by atoms with van der Waals surface area (Å²) in [7, 11) is 0. The van der Waals surface area contributed by atoms with Gasteiger partial charge in [-0.3, -0.25) is 4.90 Å². The number of rotatable bonds is 2. The summed E-state index contributed by atoms with van der Waals surface area (Å²) < 4.78 is 11.3. The van der Waals surface area contributed by atoms with E-state index in [-0.39, 0.29) is 17.6 Å². The molecular weight excluding hydrogens is 328 g/mol. The minimum Gasteiger partial charge on any atom is -0.486 e. The Bertz CT molecular complexity index is 875. The predicted octanol–water partition coefficient (Wildman–Crippen LogP) is 3.61. The summed E-state index contributed by atoms with van der Waals surface area (Å²) in [5, 5.41) is 3.29. The predicted molar refractivity (Wildman–Crippen MR) is 99.0 cm³/mol. The molecule has 0 bridgehead atoms. The van der Waals surface area contributed by atoms with Crippen LogP contribution in [0, 0.1) is 0 Å². The highest BCUT2D eigenvalue weighted by Crippen LogP contribution is 2.48. The zero-order chi connectivity index (χ0) is 17.7. The van der Waals surface area contributed by atoms with E-state index in [9.17, 15) is 4.79 Å². The number of urea groups is 1. The summed E-state index contributed by atoms with van der Waals surface area (Å²) in [6, 6.07) is 14.3. The standard InChI is InChI=1S/C21H22N2O3/c1-14-12-15-4-2-3-5-17(15)23(14)20(24)22-21(8-9-21)16-6-7-18-19(13-16)26-11-10-25-18/h2-7,13-14H,8-12H2,1H3,(H,22,24). The van der Waals surface area contributed by atoms with Crippen LogP contribution in [-0.2, 0) is 12.0 Å². The number of anilines is 1. The van der Waals surface area contributed by atoms with E-state index in [0.29, 0.717) is 13.2 Å². The summed E-state index contributed by atoms with van der Waals surface area (Å²) in [4.78, 5) is 15.0. The molecule has 1 unspecified atom stereocenters. The summed E-state index contributed by atoms with van der Waals surface area (Å²) in [5.41, 5.74) is 3.06. The molecule has 26 heavy (non-hydrogen) atoms. The lowest BCUT2D eigenvalue weighted by atomic mass is 10.0. The average Bonchev–Trinajstić information content (AvgIpc) is 3.35. The minimum atomic E-state index is -0.288. The number of nitrogens with one attached hydrogen (secondary N) is 1. The van der Waals surface area contributed by atoms with E-state index in [2.05, 4.69) is 18.3 Å². The maximum absolute atomic E-state index is 13.1. The van der Waals surface area contributed by atoms with Gasteiger partial charge in [-0.1, -0.05) is 24.3 Å². The Morgan fingerprint density at radius 2 is 1.88 bits per heavy atom. The molecule has 0 radical (unpaired) electrons. The number of para-hydroxylation sites is 1. The van der Waals surface area contributed by atoms with Crippen molar-refractivity contribution in [3.8, 4) is 11.5 Å². The molecule has 1 atom stereocenters. The molecule has 2 aromatic rings. The molecule has 1 saturated carbocycles. The number of amides is 2. The highest BCUT2D eigenvalue weighted by Gasteiger charge is 2.48. The Labute approximate surface area is 152 Å². The highest BCUT2D eigenvalue weighted by atomic mass is 16.6. The molecule has 5 rings (SSSR count). The fourth-order valence-corrected chi connectivity index (χ4v) is 4.09. The number of fused-ring (bicyclic) bond motifs is 2. The van der Waals surface area contributed by atoms with Gasteiger partial charge < -0.3 is 14.8 Å². The second-order valence-electron chi connectivity index (χ2n) is 7.42. The van der Waals surface area contributed by atoms with Crippen LogP contribution < -0.4 is 19.7 Å². The molecule has 5 heteroatoms. The van der Waals surface area contributed by atoms with E-state index in [1.165, 1.54) is 5.56 Å². The number of carbonyl (C=O) groups is 1. The van der Waals surface area contributed by atoms with Crippen molar-refractivity contribution in [3.05, 3.63) is 53.6 Å². The van der Waals surface area contributed by atoms with Crippen LogP contribution in [0.3, 0.4) is 0 Å². The third-order valence-electron chi connectivity index (χ3n) is 5.62. The second-order valence-corrected chi connectivity index (χ2v) is 7.42. The topological polar surface area (TPSA) is 50.8 Å². The van der Waals surface area contributed by atoms with Crippen molar-refractivity contribution < 1.29 is 14.3 Å². The second kappa shape index (κ2) is 5.66. The van der Waals surface area contributed by atoms with Gasteiger partial charge in [-0.05, 0) is 55.5 Å². The van der Waals surface area contributed by atoms with Crippen molar-refractivity contribution in [2.24, 2.45) is 0 Å². The summed E-state index contributed by atoms with van der Waals surface area (Å²) in [6.07, 6.45) is 2.80. The lowest BCUT2D eigenvalue weighted by Crippen LogP contribution is -2.47. The number of hydrogen-bond donors (Lipinski definition) is 1. The van der Waals surface area contributed by atoms with E-state index in [4.69, 9.17) is 9.47 Å². The number of ether oxygens (including phenoxy) is 2. The van der Waals surface area contributed by atoms with Gasteiger partial charge >= 0.3 is 6.03 Å². The molecule has 5 nitrogen and oxygen atoms in total. The Kier molecular flexibility index (Phi) is 3.39. The first kappa shape index (κ1) is 15.6. The highest BCUT2D eigenvalue weighted by molar-refractivity contribution is 5.95. The van der Waals surface area contributed by atoms with Gasteiger partial charge in [0.05, 0.1) is 5.54 Å². The van der Waals surface area contributed by atoms with Gasteiger partial charge in [0.2, 0.25) is 0 Å². The number of hydrogen-bond acceptors (Lipinski definition) is 3. The third-order valence-corrected chi connectivity index (χ3v) is 5.62. The molecule has 1 N–H and O–H groups in total. The van der Waals surface area contributed by atoms with Crippen LogP contribution in [0.4, 0.5) is 10.5 Å². The molecule has 0 aromatic heterocycles. The largest absolute Gasteiger partial charge is 0.486 e. The molecule has 1 fully saturated rings. The van der Waals surface area contributed by atoms with Gasteiger partial charge in [-0.25, -0.2) is 4.79 Å². The maximum Gasteiger partial charge on any atom is 0.322 e. The van der Waals surface area contributed by atoms with Crippen LogP contribution in [0.1, 0.15) is 30.9 Å². The van der Waals surface area contributed by atoms with Crippen LogP contribution in [0.2, 0.25) is 0 Å². The van der Waals surface area contributed by atoms with E-state index < -0.39 is 0 Å². The first-order valence-corrected chi connectivity index (χ1v) is 9.26. The summed E-state index contributed by atoms with van der Waals surface area (Å²) in [6.45, 7) is 3.25. The first-order chi connectivity index (χ1) is 12.7. The average molecular weight is 350 g/mol. The molecule has 134 valence electrons. The van der Waals surface area contributed by atoms with Gasteiger partial charge in [-0.2, -0.15) is 0 Å². The van der Waals surface area contributed by atoms with Gasteiger partial charge in [0.25, 0.3) is 0 Å². The Morgan fingerprint density at radius 3 is 2.69 bits per heavy atom. The van der Waals surface area contributed by atoms with E-state index >= 15 is 0 Å². The number of benzene rings is 2. The maximum atomic E-state index is 13.1. The van der Waals surface area contributed by atoms with E-state index in [1.54, 1.807) is 0 Å². The normalized spacial score (nSPS) is 21.9. The van der Waals surface area contributed by atoms with Crippen LogP contribution in [-0.4, -0.2) is 25.3 Å². The van der Waals surface area contributed by atoms with Gasteiger partial charge in [0.1, 0.15) is 13.2 Å². The number of nitrogens with zero attached hydrogens (tertiary/aromatic N) is 1. The molecule has 2 aliphatic heterocycles. The Morgan fingerprint density at radius 1 is 1.12 bits per heavy atom. The van der Waals surface area contributed by atoms with Gasteiger partial charge in [0, 0.05) is 11.7 Å². The smallest absolute Gasteiger partial charge is 0.322 e. The quantitative estimate of drug-likeness (QED) is 0.900. The fourth-order valence-electron chi connectivity index (χ4n) is 4.09. The van der Waals surface area contributed by atoms with Crippen LogP contribution >= 0.6 is 0 Å². The summed E-state index contributed by atoms with van der Waals surface area (Å²) >= 11 is 0. The third kappa shape index (κ3) is 2.42. The van der Waals surface area contributed by atoms with Crippen LogP contribution in [0.15, 0.2) is 42.5 Å². The van der Waals surface area contributed by atoms with Crippen molar-refractivity contribution in [1.82, 2.24) is 5.32 Å². The zero-order valence-corrected chi connectivity index (χ0v) is 14.8. The lowest BCUT2D eigenvalue weighted by molar-refractivity contribution is 0.171. The monoisotopic (exact) mass is 350 g/mol. The van der Waals surface area contributed by atoms with E-state index in [1.807, 2.05) is 41.3 Å². The molecule has 1 aliphatic carbocycles. The molecular formula is C21H22N2O3. The van der Waals surface area contributed by atoms with Crippen LogP contribution in [0.5, 0.6) is 11.5 Å². The van der Waals surface area contributed by atoms with Crippen molar-refractivity contribution in [2.75, 3.05) is 18.1 Å².